The minimum absolute atomic E-state index is 0.639. The monoisotopic (exact) mass is 141 g/mol. The third kappa shape index (κ3) is 2.42. The zero-order valence-corrected chi connectivity index (χ0v) is 8.02. The van der Waals surface area contributed by atoms with Gasteiger partial charge in [0.05, 0.1) is 0 Å². The SMILES string of the molecule is CC(C)=C(C(C)C)N(C)C. The molecule has 0 aliphatic carbocycles. The first kappa shape index (κ1) is 9.54. The standard InChI is InChI=1S/C9H19N/c1-7(2)9(8(3)4)10(5)6/h7H,1-6H3. The van der Waals surface area contributed by atoms with Crippen molar-refractivity contribution in [3.63, 3.8) is 0 Å². The number of nitrogens with zero attached hydrogens (tertiary/aromatic N) is 1. The molecule has 60 valence electrons. The Morgan fingerprint density at radius 3 is 1.50 bits per heavy atom. The zero-order valence-electron chi connectivity index (χ0n) is 8.02. The predicted molar refractivity (Wildman–Crippen MR) is 46.9 cm³/mol. The fourth-order valence-corrected chi connectivity index (χ4v) is 1.54. The van der Waals surface area contributed by atoms with Crippen LogP contribution < -0.4 is 0 Å². The van der Waals surface area contributed by atoms with Crippen LogP contribution in [0.1, 0.15) is 27.7 Å². The van der Waals surface area contributed by atoms with E-state index in [1.165, 1.54) is 11.3 Å². The lowest BCUT2D eigenvalue weighted by molar-refractivity contribution is 0.439. The molecule has 1 nitrogen and oxygen atoms in total. The highest BCUT2D eigenvalue weighted by Gasteiger charge is 2.05. The van der Waals surface area contributed by atoms with E-state index in [-0.39, 0.29) is 0 Å². The molecule has 10 heavy (non-hydrogen) atoms. The molecule has 0 N–H and O–H groups in total. The molecule has 0 aromatic carbocycles. The maximum Gasteiger partial charge on any atom is 0.0140 e. The lowest BCUT2D eigenvalue weighted by atomic mass is 10.1. The van der Waals surface area contributed by atoms with Gasteiger partial charge < -0.3 is 4.90 Å². The Morgan fingerprint density at radius 1 is 1.10 bits per heavy atom. The van der Waals surface area contributed by atoms with Gasteiger partial charge in [-0.1, -0.05) is 19.4 Å². The van der Waals surface area contributed by atoms with Gasteiger partial charge in [0, 0.05) is 19.8 Å². The molecule has 0 fully saturated rings. The fourth-order valence-electron chi connectivity index (χ4n) is 1.54. The van der Waals surface area contributed by atoms with E-state index in [2.05, 4.69) is 46.7 Å². The van der Waals surface area contributed by atoms with Crippen molar-refractivity contribution in [2.45, 2.75) is 27.7 Å². The van der Waals surface area contributed by atoms with E-state index in [0.717, 1.165) is 0 Å². The Kier molecular flexibility index (Phi) is 3.48. The average molecular weight is 141 g/mol. The van der Waals surface area contributed by atoms with E-state index in [1.54, 1.807) is 0 Å². The number of hydrogen-bond donors (Lipinski definition) is 0. The van der Waals surface area contributed by atoms with E-state index in [9.17, 15) is 0 Å². The maximum absolute atomic E-state index is 2.22. The molecule has 0 unspecified atom stereocenters. The van der Waals surface area contributed by atoms with Gasteiger partial charge in [0.25, 0.3) is 0 Å². The summed E-state index contributed by atoms with van der Waals surface area (Å²) in [6.45, 7) is 8.77. The van der Waals surface area contributed by atoms with E-state index in [4.69, 9.17) is 0 Å². The van der Waals surface area contributed by atoms with Gasteiger partial charge in [-0.2, -0.15) is 0 Å². The summed E-state index contributed by atoms with van der Waals surface area (Å²) in [5, 5.41) is 0. The van der Waals surface area contributed by atoms with Crippen LogP contribution in [0.25, 0.3) is 0 Å². The summed E-state index contributed by atoms with van der Waals surface area (Å²) < 4.78 is 0. The molecule has 0 rings (SSSR count). The van der Waals surface area contributed by atoms with Crippen molar-refractivity contribution < 1.29 is 0 Å². The Bertz CT molecular complexity index is 118. The highest BCUT2D eigenvalue weighted by Crippen LogP contribution is 2.15. The van der Waals surface area contributed by atoms with Crippen molar-refractivity contribution in [2.24, 2.45) is 5.92 Å². The van der Waals surface area contributed by atoms with Crippen molar-refractivity contribution in [3.05, 3.63) is 11.3 Å². The summed E-state index contributed by atoms with van der Waals surface area (Å²) in [6, 6.07) is 0. The third-order valence-corrected chi connectivity index (χ3v) is 1.54. The molecular weight excluding hydrogens is 122 g/mol. The van der Waals surface area contributed by atoms with E-state index in [0.29, 0.717) is 5.92 Å². The predicted octanol–water partition coefficient (Wildman–Crippen LogP) is 2.50. The van der Waals surface area contributed by atoms with Gasteiger partial charge in [-0.25, -0.2) is 0 Å². The van der Waals surface area contributed by atoms with Gasteiger partial charge in [-0.05, 0) is 19.8 Å². The summed E-state index contributed by atoms with van der Waals surface area (Å²) in [5.41, 5.74) is 2.86. The molecule has 0 saturated heterocycles. The van der Waals surface area contributed by atoms with Crippen LogP contribution in [-0.4, -0.2) is 19.0 Å². The summed E-state index contributed by atoms with van der Waals surface area (Å²) in [6.07, 6.45) is 0. The summed E-state index contributed by atoms with van der Waals surface area (Å²) in [7, 11) is 4.20. The van der Waals surface area contributed by atoms with Gasteiger partial charge in [0.1, 0.15) is 0 Å². The molecule has 0 aromatic heterocycles. The average Bonchev–Trinajstić information content (AvgIpc) is 1.59. The van der Waals surface area contributed by atoms with Gasteiger partial charge in [0.2, 0.25) is 0 Å². The second kappa shape index (κ2) is 3.65. The van der Waals surface area contributed by atoms with Crippen molar-refractivity contribution in [1.29, 1.82) is 0 Å². The lowest BCUT2D eigenvalue weighted by Gasteiger charge is -2.22. The van der Waals surface area contributed by atoms with Crippen LogP contribution in [0.3, 0.4) is 0 Å². The topological polar surface area (TPSA) is 3.24 Å². The minimum Gasteiger partial charge on any atom is -0.381 e. The quantitative estimate of drug-likeness (QED) is 0.571. The Labute approximate surface area is 64.7 Å². The van der Waals surface area contributed by atoms with Crippen LogP contribution in [-0.2, 0) is 0 Å². The summed E-state index contributed by atoms with van der Waals surface area (Å²) >= 11 is 0. The highest BCUT2D eigenvalue weighted by atomic mass is 15.1. The normalized spacial score (nSPS) is 9.90. The van der Waals surface area contributed by atoms with Gasteiger partial charge >= 0.3 is 0 Å². The molecular formula is C9H19N. The summed E-state index contributed by atoms with van der Waals surface area (Å²) in [4.78, 5) is 2.19. The second-order valence-electron chi connectivity index (χ2n) is 3.43. The van der Waals surface area contributed by atoms with Gasteiger partial charge in [-0.3, -0.25) is 0 Å². The molecule has 0 heterocycles. The minimum atomic E-state index is 0.639. The van der Waals surface area contributed by atoms with Crippen LogP contribution in [0, 0.1) is 5.92 Å². The molecule has 0 saturated carbocycles. The van der Waals surface area contributed by atoms with Crippen LogP contribution in [0.4, 0.5) is 0 Å². The second-order valence-corrected chi connectivity index (χ2v) is 3.43. The van der Waals surface area contributed by atoms with E-state index >= 15 is 0 Å². The molecule has 0 aromatic rings. The molecule has 0 radical (unpaired) electrons. The van der Waals surface area contributed by atoms with Crippen molar-refractivity contribution in [2.75, 3.05) is 14.1 Å². The molecule has 0 aliphatic rings. The first-order valence-electron chi connectivity index (χ1n) is 3.81. The van der Waals surface area contributed by atoms with E-state index < -0.39 is 0 Å². The van der Waals surface area contributed by atoms with Crippen molar-refractivity contribution >= 4 is 0 Å². The number of allylic oxidation sites excluding steroid dienone is 2. The molecule has 0 bridgehead atoms. The Hall–Kier alpha value is -0.460. The first-order valence-corrected chi connectivity index (χ1v) is 3.81. The Balaban J connectivity index is 4.44. The zero-order chi connectivity index (χ0) is 8.31. The van der Waals surface area contributed by atoms with Crippen LogP contribution >= 0.6 is 0 Å². The van der Waals surface area contributed by atoms with Gasteiger partial charge in [-0.15, -0.1) is 0 Å². The third-order valence-electron chi connectivity index (χ3n) is 1.54. The highest BCUT2D eigenvalue weighted by molar-refractivity contribution is 5.09. The van der Waals surface area contributed by atoms with Crippen molar-refractivity contribution in [1.82, 2.24) is 4.90 Å². The summed E-state index contributed by atoms with van der Waals surface area (Å²) in [5.74, 6) is 0.639. The van der Waals surface area contributed by atoms with Crippen LogP contribution in [0.2, 0.25) is 0 Å². The molecule has 1 heteroatoms. The largest absolute Gasteiger partial charge is 0.381 e. The Morgan fingerprint density at radius 2 is 1.50 bits per heavy atom. The molecule has 0 aliphatic heterocycles. The van der Waals surface area contributed by atoms with Crippen molar-refractivity contribution in [3.8, 4) is 0 Å². The van der Waals surface area contributed by atoms with Crippen LogP contribution in [0.5, 0.6) is 0 Å². The van der Waals surface area contributed by atoms with Crippen LogP contribution in [0.15, 0.2) is 11.3 Å². The molecule has 0 spiro atoms. The van der Waals surface area contributed by atoms with E-state index in [1.807, 2.05) is 0 Å². The fraction of sp³-hybridized carbons (Fsp3) is 0.778. The smallest absolute Gasteiger partial charge is 0.0140 e. The molecule has 0 atom stereocenters. The molecule has 0 amide bonds. The lowest BCUT2D eigenvalue weighted by Crippen LogP contribution is -2.16. The van der Waals surface area contributed by atoms with Gasteiger partial charge in [0.15, 0.2) is 0 Å². The number of hydrogen-bond acceptors (Lipinski definition) is 1. The number of rotatable bonds is 2. The first-order chi connectivity index (χ1) is 4.46. The maximum atomic E-state index is 2.22.